The van der Waals surface area contributed by atoms with Crippen LogP contribution in [0.3, 0.4) is 0 Å². The summed E-state index contributed by atoms with van der Waals surface area (Å²) in [6.07, 6.45) is -17.9. The molecule has 16 atom stereocenters. The summed E-state index contributed by atoms with van der Waals surface area (Å²) in [5.41, 5.74) is 7.04. The molecule has 0 spiro atoms. The lowest BCUT2D eigenvalue weighted by molar-refractivity contribution is -0.378. The average Bonchev–Trinajstić information content (AvgIpc) is 0.742. The minimum atomic E-state index is -3.34. The zero-order chi connectivity index (χ0) is 75.8. The van der Waals surface area contributed by atoms with Gasteiger partial charge in [0.1, 0.15) is 85.5 Å². The summed E-state index contributed by atoms with van der Waals surface area (Å²) in [5, 5.41) is 28.9. The third kappa shape index (κ3) is 20.8. The lowest BCUT2D eigenvalue weighted by atomic mass is 9.83. The monoisotopic (exact) mass is 1500 g/mol. The lowest BCUT2D eigenvalue weighted by Gasteiger charge is -2.53. The van der Waals surface area contributed by atoms with Crippen molar-refractivity contribution in [1.29, 1.82) is 0 Å². The maximum absolute atomic E-state index is 13.7. The van der Waals surface area contributed by atoms with E-state index in [-0.39, 0.29) is 72.7 Å². The van der Waals surface area contributed by atoms with Gasteiger partial charge in [-0.2, -0.15) is 0 Å². The fourth-order valence-electron chi connectivity index (χ4n) is 14.9. The summed E-state index contributed by atoms with van der Waals surface area (Å²) in [4.78, 5) is 0. The minimum Gasteiger partial charge on any atom is -0.405 e. The summed E-state index contributed by atoms with van der Waals surface area (Å²) in [6, 6.07) is 99.6. The highest BCUT2D eigenvalue weighted by Gasteiger charge is 2.61. The molecule has 0 amide bonds. The van der Waals surface area contributed by atoms with Crippen molar-refractivity contribution in [3.8, 4) is 0 Å². The van der Waals surface area contributed by atoms with Crippen molar-refractivity contribution in [2.75, 3.05) is 19.8 Å². The van der Waals surface area contributed by atoms with Crippen LogP contribution in [0.5, 0.6) is 0 Å². The second-order valence-corrected chi connectivity index (χ2v) is 33.5. The largest absolute Gasteiger partial charge is 0.405 e. The van der Waals surface area contributed by atoms with Crippen molar-refractivity contribution >= 4 is 18.7 Å². The molecule has 0 bridgehead atoms. The Morgan fingerprint density at radius 1 is 0.309 bits per heavy atom. The molecular formula is C93H102O16Si. The van der Waals surface area contributed by atoms with E-state index in [2.05, 4.69) is 75.9 Å². The Morgan fingerprint density at radius 2 is 0.555 bits per heavy atom. The molecule has 10 aromatic rings. The molecule has 2 aliphatic heterocycles. The molecule has 2 saturated heterocycles. The fourth-order valence-corrected chi connectivity index (χ4v) is 19.5. The highest BCUT2D eigenvalue weighted by molar-refractivity contribution is 6.99. The van der Waals surface area contributed by atoms with Gasteiger partial charge in [0.15, 0.2) is 12.6 Å². The SMILES string of the molecule is C=CCO[C@@H]1[C@@H](O[C@H]2O[C@H](CO[Si](c3ccccc3)(c3ccccc3)C(C)(C)C)[C@@H](OCc3ccccc3)[C@H](OCc3ccccc3)[C@@H]2O)[C@H](OCc2ccccc2)[C@@H](OCc2ccccc2)[C@H](OCc2ccccc2)[C@@H]1O[C@@H]1O[C@H](COCc2ccccc2)[C@@H](OCc2ccccc2)[C@H](OCc2ccccc2)[C@@H]1O. The number of hydrogen-bond donors (Lipinski definition) is 2. The van der Waals surface area contributed by atoms with E-state index in [1.54, 1.807) is 6.08 Å². The molecule has 110 heavy (non-hydrogen) atoms. The van der Waals surface area contributed by atoms with Crippen molar-refractivity contribution < 1.29 is 76.2 Å². The van der Waals surface area contributed by atoms with E-state index in [0.29, 0.717) is 0 Å². The Bertz CT molecular complexity index is 4200. The zero-order valence-corrected chi connectivity index (χ0v) is 63.8. The lowest BCUT2D eigenvalue weighted by Crippen LogP contribution is -2.71. The topological polar surface area (TPSA) is 170 Å². The van der Waals surface area contributed by atoms with Crippen molar-refractivity contribution in [2.24, 2.45) is 0 Å². The van der Waals surface area contributed by atoms with Gasteiger partial charge < -0.3 is 76.2 Å². The Balaban J connectivity index is 0.953. The molecule has 0 radical (unpaired) electrons. The van der Waals surface area contributed by atoms with E-state index in [4.69, 9.17) is 66.0 Å². The highest BCUT2D eigenvalue weighted by atomic mass is 28.4. The summed E-state index contributed by atoms with van der Waals surface area (Å²) in [7, 11) is -3.34. The molecule has 13 rings (SSSR count). The van der Waals surface area contributed by atoms with E-state index in [9.17, 15) is 10.2 Å². The third-order valence-electron chi connectivity index (χ3n) is 20.4. The Kier molecular flexibility index (Phi) is 29.0. The molecule has 16 nitrogen and oxygen atoms in total. The Morgan fingerprint density at radius 3 is 0.845 bits per heavy atom. The molecular weight excluding hydrogens is 1400 g/mol. The number of benzene rings is 10. The van der Waals surface area contributed by atoms with Crippen LogP contribution in [-0.2, 0) is 119 Å². The number of rotatable bonds is 37. The molecule has 2 heterocycles. The van der Waals surface area contributed by atoms with Gasteiger partial charge in [-0.25, -0.2) is 0 Å². The first-order valence-electron chi connectivity index (χ1n) is 38.2. The molecule has 0 unspecified atom stereocenters. The molecule has 1 aliphatic carbocycles. The van der Waals surface area contributed by atoms with Crippen LogP contribution in [0.4, 0.5) is 0 Å². The molecule has 574 valence electrons. The Labute approximate surface area is 648 Å². The zero-order valence-electron chi connectivity index (χ0n) is 62.8. The van der Waals surface area contributed by atoms with Crippen molar-refractivity contribution in [3.63, 3.8) is 0 Å². The van der Waals surface area contributed by atoms with Crippen LogP contribution in [0.1, 0.15) is 65.3 Å². The van der Waals surface area contributed by atoms with Gasteiger partial charge in [-0.3, -0.25) is 0 Å². The quantitative estimate of drug-likeness (QED) is 0.0278. The standard InChI is InChI=1S/C93H102O16Si/c1-5-56-97-88-89(108-91-79(94)83(100-60-70-42-22-9-23-43-70)81(98-58-68-38-18-7-19-39-68)77(106-91)65-96-57-67-36-16-6-17-37-67)86(103-63-73-48-28-12-29-49-73)85(102-62-72-46-26-11-27-47-72)87(104-64-74-50-30-13-31-51-74)90(88)109-92-80(95)84(101-61-71-44-24-10-25-45-71)82(99-59-69-40-20-8-21-41-69)78(107-92)66-105-110(93(2,3)4,75-52-32-14-33-53-75)76-54-34-15-35-55-76/h5-55,77-92,94-95H,1,56-66H2,2-4H3/t77-,78-,79+,80+,81-,82-,83-,84-,85+,86+,87-,88+,89+,90+,91+,92-/m1/s1. The predicted molar refractivity (Wildman–Crippen MR) is 424 cm³/mol. The number of aliphatic hydroxyl groups is 2. The molecule has 2 N–H and O–H groups in total. The van der Waals surface area contributed by atoms with E-state index < -0.39 is 111 Å². The molecule has 0 aromatic heterocycles. The second-order valence-electron chi connectivity index (χ2n) is 29.2. The minimum absolute atomic E-state index is 0.00746. The van der Waals surface area contributed by atoms with Crippen LogP contribution in [0.25, 0.3) is 0 Å². The maximum atomic E-state index is 13.7. The van der Waals surface area contributed by atoms with Gasteiger partial charge in [-0.05, 0) is 59.9 Å². The first kappa shape index (κ1) is 79.6. The van der Waals surface area contributed by atoms with Gasteiger partial charge in [0.2, 0.25) is 0 Å². The van der Waals surface area contributed by atoms with E-state index in [1.165, 1.54) is 0 Å². The van der Waals surface area contributed by atoms with Crippen molar-refractivity contribution in [3.05, 3.63) is 360 Å². The van der Waals surface area contributed by atoms with E-state index in [0.717, 1.165) is 54.9 Å². The number of aliphatic hydroxyl groups excluding tert-OH is 2. The molecule has 10 aromatic carbocycles. The molecule has 1 saturated carbocycles. The first-order chi connectivity index (χ1) is 54.0. The fraction of sp³-hybridized carbons (Fsp3) is 0.333. The summed E-state index contributed by atoms with van der Waals surface area (Å²) >= 11 is 0. The van der Waals surface area contributed by atoms with Gasteiger partial charge in [0.25, 0.3) is 8.32 Å². The normalized spacial score (nSPS) is 25.0. The van der Waals surface area contributed by atoms with Gasteiger partial charge in [0, 0.05) is 0 Å². The van der Waals surface area contributed by atoms with Crippen molar-refractivity contribution in [1.82, 2.24) is 0 Å². The smallest absolute Gasteiger partial charge is 0.261 e. The van der Waals surface area contributed by atoms with Gasteiger partial charge in [-0.15, -0.1) is 6.58 Å². The summed E-state index contributed by atoms with van der Waals surface area (Å²) in [6.45, 7) is 11.7. The van der Waals surface area contributed by atoms with Gasteiger partial charge in [-0.1, -0.05) is 330 Å². The van der Waals surface area contributed by atoms with Crippen LogP contribution >= 0.6 is 0 Å². The summed E-state index contributed by atoms with van der Waals surface area (Å²) < 4.78 is 102. The van der Waals surface area contributed by atoms with Crippen LogP contribution in [0, 0.1) is 0 Å². The molecule has 3 fully saturated rings. The maximum Gasteiger partial charge on any atom is 0.261 e. The van der Waals surface area contributed by atoms with Crippen molar-refractivity contribution in [2.45, 2.75) is 177 Å². The van der Waals surface area contributed by atoms with Crippen LogP contribution < -0.4 is 10.4 Å². The number of ether oxygens (including phenoxy) is 13. The first-order valence-corrected chi connectivity index (χ1v) is 40.1. The van der Waals surface area contributed by atoms with Crippen LogP contribution in [-0.4, -0.2) is 136 Å². The highest BCUT2D eigenvalue weighted by Crippen LogP contribution is 2.43. The van der Waals surface area contributed by atoms with E-state index in [1.807, 2.05) is 255 Å². The predicted octanol–water partition coefficient (Wildman–Crippen LogP) is 14.4. The second kappa shape index (κ2) is 40.1. The Hall–Kier alpha value is -8.48. The van der Waals surface area contributed by atoms with Gasteiger partial charge in [0.05, 0.1) is 72.7 Å². The third-order valence-corrected chi connectivity index (χ3v) is 25.4. The summed E-state index contributed by atoms with van der Waals surface area (Å²) in [5.74, 6) is 0. The average molecular weight is 1500 g/mol. The van der Waals surface area contributed by atoms with E-state index >= 15 is 0 Å². The van der Waals surface area contributed by atoms with Gasteiger partial charge >= 0.3 is 0 Å². The number of hydrogen-bond acceptors (Lipinski definition) is 16. The molecule has 3 aliphatic rings. The molecule has 17 heteroatoms. The van der Waals surface area contributed by atoms with Crippen LogP contribution in [0.2, 0.25) is 5.04 Å². The van der Waals surface area contributed by atoms with Crippen LogP contribution in [0.15, 0.2) is 316 Å².